The molecule has 0 radical (unpaired) electrons. The van der Waals surface area contributed by atoms with Crippen molar-refractivity contribution >= 4 is 11.8 Å². The van der Waals surface area contributed by atoms with Crippen molar-refractivity contribution in [2.45, 2.75) is 19.8 Å². The van der Waals surface area contributed by atoms with Crippen molar-refractivity contribution in [2.75, 3.05) is 31.3 Å². The molecule has 1 atom stereocenters. The first-order valence-corrected chi connectivity index (χ1v) is 5.84. The third-order valence-corrected chi connectivity index (χ3v) is 3.50. The number of thioether (sulfide) groups is 1. The van der Waals surface area contributed by atoms with E-state index in [2.05, 4.69) is 6.92 Å². The number of nitrogens with two attached hydrogens (primary N) is 1. The molecule has 0 aliphatic carbocycles. The summed E-state index contributed by atoms with van der Waals surface area (Å²) >= 11 is 2.00. The first-order chi connectivity index (χ1) is 5.83. The van der Waals surface area contributed by atoms with E-state index in [1.165, 1.54) is 17.9 Å². The van der Waals surface area contributed by atoms with E-state index in [1.54, 1.807) is 0 Å². The Morgan fingerprint density at radius 2 is 2.42 bits per heavy atom. The summed E-state index contributed by atoms with van der Waals surface area (Å²) in [4.78, 5) is 0. The molecular formula is C9H19NOS. The Bertz CT molecular complexity index is 124. The summed E-state index contributed by atoms with van der Waals surface area (Å²) in [5.41, 5.74) is 6.08. The zero-order valence-electron chi connectivity index (χ0n) is 7.84. The molecule has 2 nitrogen and oxygen atoms in total. The highest BCUT2D eigenvalue weighted by Crippen LogP contribution is 2.32. The van der Waals surface area contributed by atoms with Crippen molar-refractivity contribution in [3.05, 3.63) is 0 Å². The minimum Gasteiger partial charge on any atom is -0.381 e. The third kappa shape index (κ3) is 2.64. The maximum absolute atomic E-state index is 5.76. The topological polar surface area (TPSA) is 35.2 Å². The zero-order chi connectivity index (χ0) is 8.86. The maximum atomic E-state index is 5.76. The number of ether oxygens (including phenoxy) is 1. The van der Waals surface area contributed by atoms with Crippen molar-refractivity contribution in [3.8, 4) is 0 Å². The van der Waals surface area contributed by atoms with Gasteiger partial charge in [-0.1, -0.05) is 6.92 Å². The molecule has 1 aliphatic heterocycles. The van der Waals surface area contributed by atoms with Gasteiger partial charge in [-0.15, -0.1) is 0 Å². The summed E-state index contributed by atoms with van der Waals surface area (Å²) in [5, 5.41) is 0. The van der Waals surface area contributed by atoms with Gasteiger partial charge in [-0.3, -0.25) is 0 Å². The first-order valence-electron chi connectivity index (χ1n) is 4.68. The lowest BCUT2D eigenvalue weighted by atomic mass is 9.85. The first kappa shape index (κ1) is 10.4. The molecule has 1 aliphatic rings. The van der Waals surface area contributed by atoms with Crippen LogP contribution in [0.5, 0.6) is 0 Å². The van der Waals surface area contributed by atoms with Gasteiger partial charge in [0.25, 0.3) is 0 Å². The van der Waals surface area contributed by atoms with Crippen LogP contribution >= 0.6 is 11.8 Å². The van der Waals surface area contributed by atoms with Crippen molar-refractivity contribution in [1.29, 1.82) is 0 Å². The molecular weight excluding hydrogens is 170 g/mol. The smallest absolute Gasteiger partial charge is 0.0535 e. The summed E-state index contributed by atoms with van der Waals surface area (Å²) in [6.45, 7) is 4.78. The van der Waals surface area contributed by atoms with Crippen LogP contribution < -0.4 is 5.73 Å². The minimum absolute atomic E-state index is 0.322. The standard InChI is InChI=1S/C9H19NOS/c1-2-12-6-4-9(7-10)3-5-11-8-9/h2-8,10H2,1H3. The predicted molar refractivity (Wildman–Crippen MR) is 54.5 cm³/mol. The molecule has 0 aromatic rings. The van der Waals surface area contributed by atoms with Gasteiger partial charge >= 0.3 is 0 Å². The summed E-state index contributed by atoms with van der Waals surface area (Å²) in [6, 6.07) is 0. The largest absolute Gasteiger partial charge is 0.381 e. The fraction of sp³-hybridized carbons (Fsp3) is 1.00. The second-order valence-corrected chi connectivity index (χ2v) is 4.85. The van der Waals surface area contributed by atoms with E-state index in [0.29, 0.717) is 5.41 Å². The Labute approximate surface area is 79.2 Å². The Morgan fingerprint density at radius 3 is 2.92 bits per heavy atom. The lowest BCUT2D eigenvalue weighted by Gasteiger charge is -2.24. The van der Waals surface area contributed by atoms with Crippen molar-refractivity contribution in [3.63, 3.8) is 0 Å². The van der Waals surface area contributed by atoms with Gasteiger partial charge in [0, 0.05) is 18.6 Å². The van der Waals surface area contributed by atoms with Crippen LogP contribution in [0.3, 0.4) is 0 Å². The van der Waals surface area contributed by atoms with Gasteiger partial charge in [0.2, 0.25) is 0 Å². The quantitative estimate of drug-likeness (QED) is 0.666. The molecule has 0 amide bonds. The molecule has 1 saturated heterocycles. The third-order valence-electron chi connectivity index (χ3n) is 2.60. The van der Waals surface area contributed by atoms with Crippen LogP contribution in [0.15, 0.2) is 0 Å². The number of hydrogen-bond acceptors (Lipinski definition) is 3. The molecule has 0 bridgehead atoms. The van der Waals surface area contributed by atoms with Crippen LogP contribution in [0.4, 0.5) is 0 Å². The molecule has 1 unspecified atom stereocenters. The van der Waals surface area contributed by atoms with Crippen LogP contribution in [0, 0.1) is 5.41 Å². The summed E-state index contributed by atoms with van der Waals surface area (Å²) in [7, 11) is 0. The van der Waals surface area contributed by atoms with E-state index in [-0.39, 0.29) is 0 Å². The van der Waals surface area contributed by atoms with Crippen LogP contribution in [0.25, 0.3) is 0 Å². The molecule has 0 aromatic carbocycles. The van der Waals surface area contributed by atoms with Gasteiger partial charge < -0.3 is 10.5 Å². The van der Waals surface area contributed by atoms with E-state index in [4.69, 9.17) is 10.5 Å². The molecule has 0 saturated carbocycles. The molecule has 1 rings (SSSR count). The monoisotopic (exact) mass is 189 g/mol. The van der Waals surface area contributed by atoms with Gasteiger partial charge in [0.1, 0.15) is 0 Å². The lowest BCUT2D eigenvalue weighted by molar-refractivity contribution is 0.153. The van der Waals surface area contributed by atoms with Crippen LogP contribution in [0.2, 0.25) is 0 Å². The fourth-order valence-electron chi connectivity index (χ4n) is 1.54. The van der Waals surface area contributed by atoms with Crippen molar-refractivity contribution < 1.29 is 4.74 Å². The van der Waals surface area contributed by atoms with E-state index in [0.717, 1.165) is 26.2 Å². The highest BCUT2D eigenvalue weighted by Gasteiger charge is 2.32. The average Bonchev–Trinajstić information content (AvgIpc) is 2.55. The van der Waals surface area contributed by atoms with Gasteiger partial charge in [-0.25, -0.2) is 0 Å². The van der Waals surface area contributed by atoms with Gasteiger partial charge in [0.15, 0.2) is 0 Å². The molecule has 1 heterocycles. The van der Waals surface area contributed by atoms with E-state index >= 15 is 0 Å². The van der Waals surface area contributed by atoms with Crippen molar-refractivity contribution in [2.24, 2.45) is 11.1 Å². The Morgan fingerprint density at radius 1 is 1.58 bits per heavy atom. The molecule has 72 valence electrons. The molecule has 12 heavy (non-hydrogen) atoms. The van der Waals surface area contributed by atoms with Gasteiger partial charge in [-0.05, 0) is 24.3 Å². The van der Waals surface area contributed by atoms with Crippen molar-refractivity contribution in [1.82, 2.24) is 0 Å². The molecule has 3 heteroatoms. The Kier molecular flexibility index (Phi) is 4.40. The average molecular weight is 189 g/mol. The summed E-state index contributed by atoms with van der Waals surface area (Å²) < 4.78 is 5.39. The SMILES string of the molecule is CCSCCC1(CN)CCOC1. The van der Waals surface area contributed by atoms with E-state index < -0.39 is 0 Å². The minimum atomic E-state index is 0.322. The summed E-state index contributed by atoms with van der Waals surface area (Å²) in [5.74, 6) is 2.44. The highest BCUT2D eigenvalue weighted by atomic mass is 32.2. The molecule has 1 fully saturated rings. The van der Waals surface area contributed by atoms with E-state index in [9.17, 15) is 0 Å². The fourth-order valence-corrected chi connectivity index (χ4v) is 2.41. The van der Waals surface area contributed by atoms with Crippen LogP contribution in [-0.2, 0) is 4.74 Å². The summed E-state index contributed by atoms with van der Waals surface area (Å²) in [6.07, 6.45) is 2.38. The van der Waals surface area contributed by atoms with E-state index in [1.807, 2.05) is 11.8 Å². The lowest BCUT2D eigenvalue weighted by Crippen LogP contribution is -2.31. The highest BCUT2D eigenvalue weighted by molar-refractivity contribution is 7.99. The Balaban J connectivity index is 2.24. The molecule has 0 aromatic heterocycles. The second-order valence-electron chi connectivity index (χ2n) is 3.45. The molecule has 0 spiro atoms. The number of hydrogen-bond donors (Lipinski definition) is 1. The normalized spacial score (nSPS) is 29.5. The molecule has 2 N–H and O–H groups in total. The number of rotatable bonds is 5. The van der Waals surface area contributed by atoms with Crippen LogP contribution in [-0.4, -0.2) is 31.3 Å². The predicted octanol–water partition coefficient (Wildman–Crippen LogP) is 1.49. The maximum Gasteiger partial charge on any atom is 0.0535 e. The second kappa shape index (κ2) is 5.10. The van der Waals surface area contributed by atoms with Gasteiger partial charge in [0.05, 0.1) is 6.61 Å². The zero-order valence-corrected chi connectivity index (χ0v) is 8.66. The Hall–Kier alpha value is 0.270. The van der Waals surface area contributed by atoms with Gasteiger partial charge in [-0.2, -0.15) is 11.8 Å². The van der Waals surface area contributed by atoms with Crippen LogP contribution in [0.1, 0.15) is 19.8 Å².